The lowest BCUT2D eigenvalue weighted by Crippen LogP contribution is -2.31. The highest BCUT2D eigenvalue weighted by Gasteiger charge is 2.15. The van der Waals surface area contributed by atoms with E-state index in [4.69, 9.17) is 5.11 Å². The number of amides is 1. The average Bonchev–Trinajstić information content (AvgIpc) is 2.42. The smallest absolute Gasteiger partial charge is 0.286 e. The Hall–Kier alpha value is -1.87. The van der Waals surface area contributed by atoms with Gasteiger partial charge in [-0.05, 0) is 12.2 Å². The molecule has 0 aliphatic heterocycles. The fourth-order valence-corrected chi connectivity index (χ4v) is 2.13. The summed E-state index contributed by atoms with van der Waals surface area (Å²) in [5.41, 5.74) is -1.28. The molecule has 0 unspecified atom stereocenters. The minimum Gasteiger partial charge on any atom is -0.396 e. The van der Waals surface area contributed by atoms with E-state index in [1.54, 1.807) is 11.8 Å². The van der Waals surface area contributed by atoms with Crippen LogP contribution in [0.15, 0.2) is 17.1 Å². The predicted octanol–water partition coefficient (Wildman–Crippen LogP) is 0.129. The Morgan fingerprint density at radius 2 is 2.25 bits per heavy atom. The Bertz CT molecular complexity index is 531. The summed E-state index contributed by atoms with van der Waals surface area (Å²) < 4.78 is 0. The van der Waals surface area contributed by atoms with Crippen LogP contribution in [0.3, 0.4) is 0 Å². The minimum absolute atomic E-state index is 0.127. The van der Waals surface area contributed by atoms with Gasteiger partial charge in [-0.3, -0.25) is 19.7 Å². The molecule has 20 heavy (non-hydrogen) atoms. The standard InChI is InChI=1S/C11H15N3O5S/c15-3-1-4-20-5-2-12-10(16)9-6-8(14(18)19)7-13-11(9)17/h6-7,15H,1-5H2,(H,12,16)(H,13,17). The summed E-state index contributed by atoms with van der Waals surface area (Å²) in [4.78, 5) is 35.2. The van der Waals surface area contributed by atoms with E-state index in [1.165, 1.54) is 0 Å². The lowest BCUT2D eigenvalue weighted by molar-refractivity contribution is -0.385. The van der Waals surface area contributed by atoms with Crippen molar-refractivity contribution < 1.29 is 14.8 Å². The van der Waals surface area contributed by atoms with Crippen molar-refractivity contribution in [3.05, 3.63) is 38.3 Å². The number of carbonyl (C=O) groups excluding carboxylic acids is 1. The molecule has 0 fully saturated rings. The van der Waals surface area contributed by atoms with E-state index in [1.807, 2.05) is 0 Å². The summed E-state index contributed by atoms with van der Waals surface area (Å²) in [5.74, 6) is 0.778. The maximum atomic E-state index is 11.7. The highest BCUT2D eigenvalue weighted by atomic mass is 32.2. The second-order valence-electron chi connectivity index (χ2n) is 3.80. The summed E-state index contributed by atoms with van der Waals surface area (Å²) >= 11 is 1.56. The van der Waals surface area contributed by atoms with Gasteiger partial charge < -0.3 is 15.4 Å². The molecule has 0 aliphatic rings. The number of rotatable bonds is 8. The lowest BCUT2D eigenvalue weighted by atomic mass is 10.2. The third-order valence-electron chi connectivity index (χ3n) is 2.32. The zero-order valence-electron chi connectivity index (χ0n) is 10.6. The predicted molar refractivity (Wildman–Crippen MR) is 75.1 cm³/mol. The van der Waals surface area contributed by atoms with Crippen LogP contribution >= 0.6 is 11.8 Å². The van der Waals surface area contributed by atoms with Crippen LogP contribution in [0.4, 0.5) is 5.69 Å². The zero-order chi connectivity index (χ0) is 15.0. The molecule has 1 amide bonds. The van der Waals surface area contributed by atoms with Gasteiger partial charge in [-0.25, -0.2) is 0 Å². The summed E-state index contributed by atoms with van der Waals surface area (Å²) in [6, 6.07) is 0.951. The Morgan fingerprint density at radius 1 is 1.50 bits per heavy atom. The van der Waals surface area contributed by atoms with Gasteiger partial charge in [-0.1, -0.05) is 0 Å². The first-order valence-corrected chi connectivity index (χ1v) is 7.05. The van der Waals surface area contributed by atoms with Crippen LogP contribution in [0.1, 0.15) is 16.8 Å². The van der Waals surface area contributed by atoms with Gasteiger partial charge in [0.1, 0.15) is 5.56 Å². The van der Waals surface area contributed by atoms with Crippen molar-refractivity contribution in [2.45, 2.75) is 6.42 Å². The Morgan fingerprint density at radius 3 is 2.90 bits per heavy atom. The topological polar surface area (TPSA) is 125 Å². The van der Waals surface area contributed by atoms with E-state index < -0.39 is 16.4 Å². The number of carbonyl (C=O) groups is 1. The molecule has 0 radical (unpaired) electrons. The molecule has 1 aromatic heterocycles. The maximum absolute atomic E-state index is 11.7. The van der Waals surface area contributed by atoms with Crippen LogP contribution in [-0.2, 0) is 0 Å². The average molecular weight is 301 g/mol. The van der Waals surface area contributed by atoms with Crippen LogP contribution in [0, 0.1) is 10.1 Å². The molecule has 1 heterocycles. The molecule has 1 rings (SSSR count). The lowest BCUT2D eigenvalue weighted by Gasteiger charge is -2.04. The molecule has 9 heteroatoms. The van der Waals surface area contributed by atoms with Gasteiger partial charge in [-0.2, -0.15) is 11.8 Å². The van der Waals surface area contributed by atoms with Gasteiger partial charge >= 0.3 is 0 Å². The van der Waals surface area contributed by atoms with Gasteiger partial charge in [0.25, 0.3) is 17.2 Å². The maximum Gasteiger partial charge on any atom is 0.286 e. The minimum atomic E-state index is -0.683. The Kier molecular flexibility index (Phi) is 6.74. The molecule has 0 saturated carbocycles. The van der Waals surface area contributed by atoms with Crippen molar-refractivity contribution >= 4 is 23.4 Å². The second kappa shape index (κ2) is 8.33. The third kappa shape index (κ3) is 5.02. The van der Waals surface area contributed by atoms with E-state index in [0.29, 0.717) is 18.7 Å². The number of nitro groups is 1. The van der Waals surface area contributed by atoms with E-state index in [2.05, 4.69) is 10.3 Å². The summed E-state index contributed by atoms with van der Waals surface area (Å²) in [6.45, 7) is 0.472. The number of nitrogens with one attached hydrogen (secondary N) is 2. The molecule has 3 N–H and O–H groups in total. The second-order valence-corrected chi connectivity index (χ2v) is 5.03. The van der Waals surface area contributed by atoms with Gasteiger partial charge in [-0.15, -0.1) is 0 Å². The molecule has 1 aromatic rings. The summed E-state index contributed by atoms with van der Waals surface area (Å²) in [5, 5.41) is 21.7. The largest absolute Gasteiger partial charge is 0.396 e. The van der Waals surface area contributed by atoms with E-state index in [0.717, 1.165) is 18.0 Å². The van der Waals surface area contributed by atoms with Crippen molar-refractivity contribution in [2.24, 2.45) is 0 Å². The third-order valence-corrected chi connectivity index (χ3v) is 3.39. The summed E-state index contributed by atoms with van der Waals surface area (Å²) in [7, 11) is 0. The van der Waals surface area contributed by atoms with Gasteiger partial charge in [0.05, 0.1) is 11.1 Å². The number of pyridine rings is 1. The van der Waals surface area contributed by atoms with Crippen molar-refractivity contribution in [1.82, 2.24) is 10.3 Å². The Labute approximate surface area is 118 Å². The van der Waals surface area contributed by atoms with E-state index >= 15 is 0 Å². The van der Waals surface area contributed by atoms with Crippen molar-refractivity contribution in [2.75, 3.05) is 24.7 Å². The van der Waals surface area contributed by atoms with Gasteiger partial charge in [0.2, 0.25) is 0 Å². The molecular formula is C11H15N3O5S. The summed E-state index contributed by atoms with van der Waals surface area (Å²) in [6.07, 6.45) is 1.63. The molecule has 110 valence electrons. The number of aromatic nitrogens is 1. The van der Waals surface area contributed by atoms with Crippen LogP contribution in [0.2, 0.25) is 0 Å². The van der Waals surface area contributed by atoms with E-state index in [-0.39, 0.29) is 17.9 Å². The van der Waals surface area contributed by atoms with Crippen LogP contribution in [0.5, 0.6) is 0 Å². The fourth-order valence-electron chi connectivity index (χ4n) is 1.35. The first-order chi connectivity index (χ1) is 9.56. The van der Waals surface area contributed by atoms with Crippen LogP contribution in [-0.4, -0.2) is 45.6 Å². The number of hydrogen-bond acceptors (Lipinski definition) is 6. The highest BCUT2D eigenvalue weighted by molar-refractivity contribution is 7.99. The van der Waals surface area contributed by atoms with Crippen molar-refractivity contribution in [1.29, 1.82) is 0 Å². The normalized spacial score (nSPS) is 10.2. The van der Waals surface area contributed by atoms with Gasteiger partial charge in [0, 0.05) is 25.0 Å². The molecule has 8 nitrogen and oxygen atoms in total. The zero-order valence-corrected chi connectivity index (χ0v) is 11.4. The van der Waals surface area contributed by atoms with Gasteiger partial charge in [0.15, 0.2) is 0 Å². The van der Waals surface area contributed by atoms with Crippen molar-refractivity contribution in [3.63, 3.8) is 0 Å². The molecule has 0 saturated heterocycles. The molecule has 0 aromatic carbocycles. The highest BCUT2D eigenvalue weighted by Crippen LogP contribution is 2.08. The molecule has 0 aliphatic carbocycles. The van der Waals surface area contributed by atoms with Crippen LogP contribution < -0.4 is 10.9 Å². The number of hydrogen-bond donors (Lipinski definition) is 3. The first-order valence-electron chi connectivity index (χ1n) is 5.90. The van der Waals surface area contributed by atoms with Crippen molar-refractivity contribution in [3.8, 4) is 0 Å². The number of thioether (sulfide) groups is 1. The molecule has 0 bridgehead atoms. The number of nitrogens with zero attached hydrogens (tertiary/aromatic N) is 1. The van der Waals surface area contributed by atoms with Crippen LogP contribution in [0.25, 0.3) is 0 Å². The number of aliphatic hydroxyl groups excluding tert-OH is 1. The Balaban J connectivity index is 2.53. The first kappa shape index (κ1) is 16.2. The SMILES string of the molecule is O=C(NCCSCCCO)c1cc([N+](=O)[O-])c[nH]c1=O. The number of aromatic amines is 1. The molecule has 0 atom stereocenters. The fraction of sp³-hybridized carbons (Fsp3) is 0.455. The molecule has 0 spiro atoms. The number of H-pyrrole nitrogens is 1. The van der Waals surface area contributed by atoms with E-state index in [9.17, 15) is 19.7 Å². The quantitative estimate of drug-likeness (QED) is 0.356. The number of aliphatic hydroxyl groups is 1. The molecular weight excluding hydrogens is 286 g/mol. The monoisotopic (exact) mass is 301 g/mol.